The van der Waals surface area contributed by atoms with Gasteiger partial charge in [-0.3, -0.25) is 4.99 Å². The van der Waals surface area contributed by atoms with Gasteiger partial charge in [0.05, 0.1) is 0 Å². The highest BCUT2D eigenvalue weighted by molar-refractivity contribution is 8.03. The van der Waals surface area contributed by atoms with E-state index in [9.17, 15) is 0 Å². The number of thioether (sulfide) groups is 1. The van der Waals surface area contributed by atoms with Gasteiger partial charge in [-0.1, -0.05) is 71.4 Å². The van der Waals surface area contributed by atoms with Crippen LogP contribution in [0.2, 0.25) is 0 Å². The molecule has 0 spiro atoms. The predicted octanol–water partition coefficient (Wildman–Crippen LogP) is 7.93. The van der Waals surface area contributed by atoms with Gasteiger partial charge >= 0.3 is 0 Å². The Hall–Kier alpha value is -1.48. The Morgan fingerprint density at radius 2 is 2.13 bits per heavy atom. The molecule has 3 heteroatoms. The van der Waals surface area contributed by atoms with Crippen LogP contribution < -0.4 is 5.32 Å². The number of hydrogen-bond acceptors (Lipinski definition) is 3. The Morgan fingerprint density at radius 1 is 1.39 bits per heavy atom. The van der Waals surface area contributed by atoms with E-state index in [0.717, 1.165) is 31.1 Å². The van der Waals surface area contributed by atoms with E-state index in [1.165, 1.54) is 22.5 Å². The standard InChI is InChI=1S/C28H44N2S/c1-21(22(2)16-23(3)27(4,5)6)10-9-15-31-26(20-29-8)12-11-24-13-14-30-19-25-18-28(25,7)17-24/h9-10,13-14,16-17,20-21,23,25,30H,8,11-12,15,18-19H2,1-7H3/b10-9+,14-13-,22-16+,24-17-,26-20-. The molecule has 0 radical (unpaired) electrons. The molecule has 31 heavy (non-hydrogen) atoms. The maximum atomic E-state index is 4.05. The summed E-state index contributed by atoms with van der Waals surface area (Å²) in [5.74, 6) is 2.82. The predicted molar refractivity (Wildman–Crippen MR) is 141 cm³/mol. The van der Waals surface area contributed by atoms with Crippen LogP contribution in [0.1, 0.15) is 67.7 Å². The zero-order valence-corrected chi connectivity index (χ0v) is 21.7. The van der Waals surface area contributed by atoms with Crippen molar-refractivity contribution < 1.29 is 0 Å². The van der Waals surface area contributed by atoms with Gasteiger partial charge in [0.15, 0.2) is 0 Å². The molecule has 2 nitrogen and oxygen atoms in total. The molecule has 2 rings (SSSR count). The maximum absolute atomic E-state index is 4.05. The molecule has 1 heterocycles. The third kappa shape index (κ3) is 8.52. The van der Waals surface area contributed by atoms with Crippen molar-refractivity contribution in [1.82, 2.24) is 5.32 Å². The Morgan fingerprint density at radius 3 is 2.81 bits per heavy atom. The van der Waals surface area contributed by atoms with Gasteiger partial charge in [-0.15, -0.1) is 11.8 Å². The largest absolute Gasteiger partial charge is 0.391 e. The van der Waals surface area contributed by atoms with Crippen molar-refractivity contribution in [2.24, 2.45) is 33.6 Å². The number of rotatable bonds is 10. The highest BCUT2D eigenvalue weighted by Crippen LogP contribution is 2.54. The Balaban J connectivity index is 1.85. The van der Waals surface area contributed by atoms with Gasteiger partial charge in [-0.25, -0.2) is 0 Å². The molecule has 2 aliphatic rings. The summed E-state index contributed by atoms with van der Waals surface area (Å²) in [4.78, 5) is 5.36. The molecule has 0 aromatic carbocycles. The van der Waals surface area contributed by atoms with Crippen LogP contribution >= 0.6 is 11.8 Å². The van der Waals surface area contributed by atoms with E-state index in [0.29, 0.717) is 22.7 Å². The molecule has 0 aromatic heterocycles. The highest BCUT2D eigenvalue weighted by Gasteiger charge is 2.47. The normalized spacial score (nSPS) is 29.1. The maximum Gasteiger partial charge on any atom is 0.0355 e. The van der Waals surface area contributed by atoms with E-state index < -0.39 is 0 Å². The van der Waals surface area contributed by atoms with Crippen molar-refractivity contribution in [3.8, 4) is 0 Å². The van der Waals surface area contributed by atoms with Crippen LogP contribution in [0.5, 0.6) is 0 Å². The van der Waals surface area contributed by atoms with Gasteiger partial charge in [-0.2, -0.15) is 0 Å². The minimum absolute atomic E-state index is 0.312. The first-order valence-electron chi connectivity index (χ1n) is 11.8. The molecular weight excluding hydrogens is 396 g/mol. The molecular formula is C28H44N2S. The molecule has 4 atom stereocenters. The monoisotopic (exact) mass is 440 g/mol. The fraction of sp³-hybridized carbons (Fsp3) is 0.607. The van der Waals surface area contributed by atoms with Gasteiger partial charge in [0.2, 0.25) is 0 Å². The second-order valence-corrected chi connectivity index (χ2v) is 11.9. The van der Waals surface area contributed by atoms with Crippen LogP contribution in [-0.4, -0.2) is 19.0 Å². The summed E-state index contributed by atoms with van der Waals surface area (Å²) in [6, 6.07) is 0. The van der Waals surface area contributed by atoms with Gasteiger partial charge in [0.25, 0.3) is 0 Å². The zero-order chi connectivity index (χ0) is 23.1. The van der Waals surface area contributed by atoms with Crippen molar-refractivity contribution in [2.45, 2.75) is 67.7 Å². The Kier molecular flexibility index (Phi) is 9.48. The number of aliphatic imine (C=N–C) groups is 1. The van der Waals surface area contributed by atoms with Crippen molar-refractivity contribution in [3.63, 3.8) is 0 Å². The fourth-order valence-electron chi connectivity index (χ4n) is 3.86. The lowest BCUT2D eigenvalue weighted by Crippen LogP contribution is -2.15. The van der Waals surface area contributed by atoms with E-state index in [-0.39, 0.29) is 0 Å². The van der Waals surface area contributed by atoms with Crippen molar-refractivity contribution in [2.75, 3.05) is 12.3 Å². The van der Waals surface area contributed by atoms with Gasteiger partial charge < -0.3 is 5.32 Å². The highest BCUT2D eigenvalue weighted by atomic mass is 32.2. The van der Waals surface area contributed by atoms with Crippen LogP contribution in [0.15, 0.2) is 63.8 Å². The first-order chi connectivity index (χ1) is 14.5. The van der Waals surface area contributed by atoms with Crippen molar-refractivity contribution in [1.29, 1.82) is 0 Å². The fourth-order valence-corrected chi connectivity index (χ4v) is 4.68. The van der Waals surface area contributed by atoms with Crippen LogP contribution in [0.25, 0.3) is 0 Å². The summed E-state index contributed by atoms with van der Waals surface area (Å²) in [6.45, 7) is 21.0. The lowest BCUT2D eigenvalue weighted by Gasteiger charge is -2.25. The molecule has 0 aromatic rings. The number of hydrogen-bond donors (Lipinski definition) is 1. The summed E-state index contributed by atoms with van der Waals surface area (Å²) in [6.07, 6.45) is 19.3. The third-order valence-corrected chi connectivity index (χ3v) is 8.08. The average Bonchev–Trinajstić information content (AvgIpc) is 3.30. The van der Waals surface area contributed by atoms with Crippen LogP contribution in [0.4, 0.5) is 0 Å². The summed E-state index contributed by atoms with van der Waals surface area (Å²) < 4.78 is 0. The summed E-state index contributed by atoms with van der Waals surface area (Å²) in [7, 11) is 0. The molecule has 0 bridgehead atoms. The summed E-state index contributed by atoms with van der Waals surface area (Å²) >= 11 is 1.88. The van der Waals surface area contributed by atoms with Crippen LogP contribution in [-0.2, 0) is 0 Å². The lowest BCUT2D eigenvalue weighted by atomic mass is 9.80. The zero-order valence-electron chi connectivity index (χ0n) is 20.9. The van der Waals surface area contributed by atoms with Gasteiger partial charge in [0.1, 0.15) is 0 Å². The summed E-state index contributed by atoms with van der Waals surface area (Å²) in [5.41, 5.74) is 3.60. The van der Waals surface area contributed by atoms with E-state index in [1.807, 2.05) is 18.0 Å². The van der Waals surface area contributed by atoms with E-state index in [2.05, 4.69) is 102 Å². The molecule has 1 aliphatic heterocycles. The molecule has 1 aliphatic carbocycles. The summed E-state index contributed by atoms with van der Waals surface area (Å²) in [5, 5.41) is 3.44. The Bertz CT molecular complexity index is 762. The molecule has 1 N–H and O–H groups in total. The topological polar surface area (TPSA) is 24.4 Å². The molecule has 1 saturated carbocycles. The quantitative estimate of drug-likeness (QED) is 0.275. The number of nitrogens with zero attached hydrogens (tertiary/aromatic N) is 1. The molecule has 172 valence electrons. The third-order valence-electron chi connectivity index (χ3n) is 7.04. The van der Waals surface area contributed by atoms with Crippen LogP contribution in [0.3, 0.4) is 0 Å². The van der Waals surface area contributed by atoms with Crippen LogP contribution in [0, 0.1) is 28.6 Å². The minimum atomic E-state index is 0.312. The Labute approximate surface area is 196 Å². The number of fused-ring (bicyclic) bond motifs is 1. The minimum Gasteiger partial charge on any atom is -0.391 e. The van der Waals surface area contributed by atoms with E-state index >= 15 is 0 Å². The second kappa shape index (κ2) is 11.4. The van der Waals surface area contributed by atoms with Crippen molar-refractivity contribution in [3.05, 3.63) is 58.8 Å². The second-order valence-electron chi connectivity index (χ2n) is 10.7. The number of allylic oxidation sites excluding steroid dienone is 7. The molecule has 0 amide bonds. The first-order valence-corrected chi connectivity index (χ1v) is 12.8. The first kappa shape index (κ1) is 25.8. The smallest absolute Gasteiger partial charge is 0.0355 e. The van der Waals surface area contributed by atoms with E-state index in [1.54, 1.807) is 0 Å². The van der Waals surface area contributed by atoms with Crippen molar-refractivity contribution >= 4 is 18.5 Å². The SMILES string of the molecule is C=N/C=C(/CCC1=C/C2(C)CC2CN/C=C\1)SC/C=C/C(C)/C(C)=C/C(C)C(C)(C)C. The average molecular weight is 441 g/mol. The van der Waals surface area contributed by atoms with Gasteiger partial charge in [0, 0.05) is 23.4 Å². The molecule has 4 unspecified atom stereocenters. The molecule has 1 fully saturated rings. The molecule has 0 saturated heterocycles. The van der Waals surface area contributed by atoms with E-state index in [4.69, 9.17) is 0 Å². The van der Waals surface area contributed by atoms with Gasteiger partial charge in [-0.05, 0) is 79.3 Å². The number of nitrogens with one attached hydrogen (secondary N) is 1. The lowest BCUT2D eigenvalue weighted by molar-refractivity contribution is 0.312.